The number of nitrogens with zero attached hydrogens (tertiary/aromatic N) is 2. The highest BCUT2D eigenvalue weighted by atomic mass is 16.5. The van der Waals surface area contributed by atoms with Crippen molar-refractivity contribution in [2.24, 2.45) is 5.92 Å². The van der Waals surface area contributed by atoms with Crippen LogP contribution in [0.4, 0.5) is 4.79 Å². The second-order valence-corrected chi connectivity index (χ2v) is 7.88. The van der Waals surface area contributed by atoms with Crippen LogP contribution in [0.1, 0.15) is 31.4 Å². The summed E-state index contributed by atoms with van der Waals surface area (Å²) < 4.78 is 5.84. The number of carbonyl (C=O) groups is 1. The summed E-state index contributed by atoms with van der Waals surface area (Å²) >= 11 is 0. The molecule has 0 saturated carbocycles. The number of aromatic nitrogens is 1. The summed E-state index contributed by atoms with van der Waals surface area (Å²) in [7, 11) is 0. The van der Waals surface area contributed by atoms with Crippen LogP contribution in [-0.2, 0) is 16.8 Å². The average molecular weight is 367 g/mol. The zero-order valence-electron chi connectivity index (χ0n) is 16.2. The smallest absolute Gasteiger partial charge is 0.317 e. The van der Waals surface area contributed by atoms with Crippen molar-refractivity contribution in [3.05, 3.63) is 66.0 Å². The van der Waals surface area contributed by atoms with Gasteiger partial charge in [0, 0.05) is 43.4 Å². The Bertz CT molecular complexity index is 719. The Hall–Kier alpha value is -2.40. The van der Waals surface area contributed by atoms with Gasteiger partial charge in [-0.1, -0.05) is 44.2 Å². The van der Waals surface area contributed by atoms with E-state index in [1.54, 1.807) is 12.4 Å². The van der Waals surface area contributed by atoms with Crippen molar-refractivity contribution < 1.29 is 9.53 Å². The quantitative estimate of drug-likeness (QED) is 0.813. The van der Waals surface area contributed by atoms with Crippen molar-refractivity contribution in [1.82, 2.24) is 15.2 Å². The van der Waals surface area contributed by atoms with Crippen molar-refractivity contribution in [2.75, 3.05) is 26.2 Å². The van der Waals surface area contributed by atoms with E-state index in [0.717, 1.165) is 19.5 Å². The molecule has 1 aliphatic heterocycles. The number of hydrogen-bond acceptors (Lipinski definition) is 3. The number of benzene rings is 1. The molecule has 1 saturated heterocycles. The molecule has 0 aliphatic carbocycles. The van der Waals surface area contributed by atoms with Gasteiger partial charge in [-0.3, -0.25) is 4.98 Å². The minimum Gasteiger partial charge on any atom is -0.376 e. The van der Waals surface area contributed by atoms with E-state index in [-0.39, 0.29) is 11.4 Å². The van der Waals surface area contributed by atoms with Crippen molar-refractivity contribution in [1.29, 1.82) is 0 Å². The second kappa shape index (κ2) is 9.00. The second-order valence-electron chi connectivity index (χ2n) is 7.88. The molecule has 1 N–H and O–H groups in total. The Morgan fingerprint density at radius 1 is 1.22 bits per heavy atom. The van der Waals surface area contributed by atoms with Gasteiger partial charge in [0.2, 0.25) is 0 Å². The lowest BCUT2D eigenvalue weighted by molar-refractivity contribution is 0.0897. The molecule has 2 amide bonds. The SMILES string of the molecule is CC(C)(CNC(=O)N1CCC(COCc2ccccc2)C1)c1ccncc1. The van der Waals surface area contributed by atoms with Crippen LogP contribution in [0, 0.1) is 5.92 Å². The first-order chi connectivity index (χ1) is 13.0. The Balaban J connectivity index is 1.40. The number of ether oxygens (including phenoxy) is 1. The number of carbonyl (C=O) groups excluding carboxylic acids is 1. The number of pyridine rings is 1. The normalized spacial score (nSPS) is 17.1. The Labute approximate surface area is 161 Å². The summed E-state index contributed by atoms with van der Waals surface area (Å²) in [4.78, 5) is 18.5. The lowest BCUT2D eigenvalue weighted by atomic mass is 9.85. The topological polar surface area (TPSA) is 54.5 Å². The van der Waals surface area contributed by atoms with Crippen LogP contribution in [-0.4, -0.2) is 42.2 Å². The molecule has 1 atom stereocenters. The van der Waals surface area contributed by atoms with Gasteiger partial charge in [0.25, 0.3) is 0 Å². The maximum atomic E-state index is 12.5. The predicted octanol–water partition coefficient (Wildman–Crippen LogP) is 3.61. The van der Waals surface area contributed by atoms with Gasteiger partial charge in [-0.25, -0.2) is 4.79 Å². The number of hydrogen-bond donors (Lipinski definition) is 1. The molecule has 144 valence electrons. The molecule has 1 aromatic heterocycles. The van der Waals surface area contributed by atoms with E-state index in [1.807, 2.05) is 35.2 Å². The first-order valence-corrected chi connectivity index (χ1v) is 9.59. The molecule has 1 unspecified atom stereocenters. The molecule has 5 nitrogen and oxygen atoms in total. The van der Waals surface area contributed by atoms with Crippen molar-refractivity contribution in [2.45, 2.75) is 32.3 Å². The molecule has 0 spiro atoms. The fourth-order valence-corrected chi connectivity index (χ4v) is 3.38. The number of nitrogens with one attached hydrogen (secondary N) is 1. The van der Waals surface area contributed by atoms with Crippen LogP contribution in [0.5, 0.6) is 0 Å². The molecule has 1 fully saturated rings. The highest BCUT2D eigenvalue weighted by molar-refractivity contribution is 5.74. The minimum atomic E-state index is -0.128. The molecule has 3 rings (SSSR count). The third-order valence-corrected chi connectivity index (χ3v) is 5.18. The highest BCUT2D eigenvalue weighted by Crippen LogP contribution is 2.22. The molecule has 1 aliphatic rings. The molecule has 0 bridgehead atoms. The summed E-state index contributed by atoms with van der Waals surface area (Å²) in [5, 5.41) is 3.09. The summed E-state index contributed by atoms with van der Waals surface area (Å²) in [6, 6.07) is 14.2. The first kappa shape index (κ1) is 19.4. The zero-order chi connectivity index (χ0) is 19.1. The molecular weight excluding hydrogens is 338 g/mol. The molecule has 2 heterocycles. The first-order valence-electron chi connectivity index (χ1n) is 9.59. The van der Waals surface area contributed by atoms with Gasteiger partial charge in [-0.2, -0.15) is 0 Å². The Morgan fingerprint density at radius 3 is 2.70 bits per heavy atom. The summed E-state index contributed by atoms with van der Waals surface area (Å²) in [5.74, 6) is 0.410. The molecule has 1 aromatic carbocycles. The van der Waals surface area contributed by atoms with Gasteiger partial charge in [0.05, 0.1) is 13.2 Å². The Morgan fingerprint density at radius 2 is 1.96 bits per heavy atom. The summed E-state index contributed by atoms with van der Waals surface area (Å²) in [6.07, 6.45) is 4.58. The zero-order valence-corrected chi connectivity index (χ0v) is 16.2. The van der Waals surface area contributed by atoms with E-state index < -0.39 is 0 Å². The van der Waals surface area contributed by atoms with Crippen molar-refractivity contribution in [3.8, 4) is 0 Å². The highest BCUT2D eigenvalue weighted by Gasteiger charge is 2.28. The monoisotopic (exact) mass is 367 g/mol. The standard InChI is InChI=1S/C22H29N3O2/c1-22(2,20-8-11-23-12-9-20)17-24-21(26)25-13-10-19(14-25)16-27-15-18-6-4-3-5-7-18/h3-9,11-12,19H,10,13-17H2,1-2H3,(H,24,26). The van der Waals surface area contributed by atoms with Crippen LogP contribution in [0.25, 0.3) is 0 Å². The summed E-state index contributed by atoms with van der Waals surface area (Å²) in [6.45, 7) is 7.74. The lowest BCUT2D eigenvalue weighted by Gasteiger charge is -2.27. The number of rotatable bonds is 7. The van der Waals surface area contributed by atoms with E-state index in [4.69, 9.17) is 4.74 Å². The van der Waals surface area contributed by atoms with Crippen LogP contribution in [0.2, 0.25) is 0 Å². The fraction of sp³-hybridized carbons (Fsp3) is 0.455. The van der Waals surface area contributed by atoms with Gasteiger partial charge >= 0.3 is 6.03 Å². The maximum absolute atomic E-state index is 12.5. The fourth-order valence-electron chi connectivity index (χ4n) is 3.38. The van der Waals surface area contributed by atoms with Crippen LogP contribution < -0.4 is 5.32 Å². The van der Waals surface area contributed by atoms with Gasteiger partial charge in [-0.15, -0.1) is 0 Å². The number of amides is 2. The van der Waals surface area contributed by atoms with Crippen LogP contribution in [0.15, 0.2) is 54.9 Å². The molecular formula is C22H29N3O2. The van der Waals surface area contributed by atoms with E-state index in [0.29, 0.717) is 25.7 Å². The van der Waals surface area contributed by atoms with Gasteiger partial charge < -0.3 is 15.0 Å². The van der Waals surface area contributed by atoms with Crippen molar-refractivity contribution >= 4 is 6.03 Å². The van der Waals surface area contributed by atoms with Crippen LogP contribution in [0.3, 0.4) is 0 Å². The van der Waals surface area contributed by atoms with Gasteiger partial charge in [0.15, 0.2) is 0 Å². The van der Waals surface area contributed by atoms with Gasteiger partial charge in [0.1, 0.15) is 0 Å². The maximum Gasteiger partial charge on any atom is 0.317 e. The minimum absolute atomic E-state index is 0.0164. The van der Waals surface area contributed by atoms with E-state index in [9.17, 15) is 4.79 Å². The van der Waals surface area contributed by atoms with E-state index in [1.165, 1.54) is 11.1 Å². The largest absolute Gasteiger partial charge is 0.376 e. The summed E-state index contributed by atoms with van der Waals surface area (Å²) in [5.41, 5.74) is 2.23. The Kier molecular flexibility index (Phi) is 6.45. The number of likely N-dealkylation sites (tertiary alicyclic amines) is 1. The van der Waals surface area contributed by atoms with E-state index in [2.05, 4.69) is 36.3 Å². The molecule has 5 heteroatoms. The van der Waals surface area contributed by atoms with E-state index >= 15 is 0 Å². The lowest BCUT2D eigenvalue weighted by Crippen LogP contribution is -2.44. The van der Waals surface area contributed by atoms with Crippen molar-refractivity contribution in [3.63, 3.8) is 0 Å². The average Bonchev–Trinajstić information content (AvgIpc) is 3.17. The third kappa shape index (κ3) is 5.54. The van der Waals surface area contributed by atoms with Gasteiger partial charge in [-0.05, 0) is 29.7 Å². The molecule has 27 heavy (non-hydrogen) atoms. The number of urea groups is 1. The predicted molar refractivity (Wildman–Crippen MR) is 106 cm³/mol. The molecule has 2 aromatic rings. The third-order valence-electron chi connectivity index (χ3n) is 5.18. The van der Waals surface area contributed by atoms with Crippen LogP contribution >= 0.6 is 0 Å². The molecule has 0 radical (unpaired) electrons.